The van der Waals surface area contributed by atoms with Crippen molar-refractivity contribution in [2.24, 2.45) is 5.92 Å². The minimum atomic E-state index is -0.153. The molecule has 1 amide bonds. The molecule has 0 aliphatic carbocycles. The molecule has 120 valence electrons. The predicted molar refractivity (Wildman–Crippen MR) is 85.4 cm³/mol. The summed E-state index contributed by atoms with van der Waals surface area (Å²) < 4.78 is 4.80. The molecule has 2 rings (SSSR count). The molecular formula is C18H25NO3. The fraction of sp³-hybridized carbons (Fsp3) is 0.556. The maximum Gasteiger partial charge on any atom is 0.308 e. The zero-order valence-corrected chi connectivity index (χ0v) is 13.5. The number of hydrogen-bond acceptors (Lipinski definition) is 3. The van der Waals surface area contributed by atoms with Crippen LogP contribution < -0.4 is 0 Å². The molecule has 4 nitrogen and oxygen atoms in total. The number of ether oxygens (including phenoxy) is 1. The third-order valence-corrected chi connectivity index (χ3v) is 4.42. The zero-order valence-electron chi connectivity index (χ0n) is 13.5. The third-order valence-electron chi connectivity index (χ3n) is 4.42. The van der Waals surface area contributed by atoms with E-state index >= 15 is 0 Å². The van der Waals surface area contributed by atoms with Crippen LogP contribution in [0.5, 0.6) is 0 Å². The molecule has 0 aromatic heterocycles. The van der Waals surface area contributed by atoms with Crippen LogP contribution in [-0.4, -0.2) is 37.0 Å². The van der Waals surface area contributed by atoms with Crippen molar-refractivity contribution in [1.29, 1.82) is 0 Å². The van der Waals surface area contributed by atoms with Gasteiger partial charge in [0.25, 0.3) is 0 Å². The Morgan fingerprint density at radius 1 is 1.23 bits per heavy atom. The molecule has 1 heterocycles. The Kier molecular flexibility index (Phi) is 5.99. The summed E-state index contributed by atoms with van der Waals surface area (Å²) in [5, 5.41) is 0. The molecule has 4 heteroatoms. The molecule has 0 saturated carbocycles. The molecule has 1 unspecified atom stereocenters. The summed E-state index contributed by atoms with van der Waals surface area (Å²) >= 11 is 0. The number of likely N-dealkylation sites (tertiary alicyclic amines) is 1. The summed E-state index contributed by atoms with van der Waals surface area (Å²) in [6.45, 7) is 3.39. The van der Waals surface area contributed by atoms with Crippen LogP contribution in [0.25, 0.3) is 0 Å². The molecule has 1 atom stereocenters. The fourth-order valence-electron chi connectivity index (χ4n) is 3.13. The van der Waals surface area contributed by atoms with E-state index < -0.39 is 0 Å². The summed E-state index contributed by atoms with van der Waals surface area (Å²) in [4.78, 5) is 26.3. The lowest BCUT2D eigenvalue weighted by Gasteiger charge is -2.33. The Balaban J connectivity index is 2.02. The van der Waals surface area contributed by atoms with E-state index in [1.807, 2.05) is 35.2 Å². The molecule has 1 aliphatic heterocycles. The standard InChI is InChI=1S/C18H25NO3/c1-3-7-16(14-8-5-4-6-9-14)17(20)19-12-10-15(11-13-19)18(21)22-2/h4-6,8-9,15-16H,3,7,10-13H2,1-2H3. The molecule has 1 aromatic rings. The van der Waals surface area contributed by atoms with Crippen LogP contribution in [0.2, 0.25) is 0 Å². The van der Waals surface area contributed by atoms with Crippen molar-refractivity contribution in [3.63, 3.8) is 0 Å². The Morgan fingerprint density at radius 3 is 2.41 bits per heavy atom. The number of piperidine rings is 1. The van der Waals surface area contributed by atoms with Crippen molar-refractivity contribution in [2.45, 2.75) is 38.5 Å². The van der Waals surface area contributed by atoms with Gasteiger partial charge >= 0.3 is 5.97 Å². The number of hydrogen-bond donors (Lipinski definition) is 0. The first-order valence-electron chi connectivity index (χ1n) is 8.09. The molecular weight excluding hydrogens is 278 g/mol. The molecule has 0 radical (unpaired) electrons. The number of carbonyl (C=O) groups is 2. The van der Waals surface area contributed by atoms with Crippen molar-refractivity contribution >= 4 is 11.9 Å². The van der Waals surface area contributed by atoms with Crippen molar-refractivity contribution < 1.29 is 14.3 Å². The van der Waals surface area contributed by atoms with E-state index in [1.54, 1.807) is 0 Å². The topological polar surface area (TPSA) is 46.6 Å². The maximum atomic E-state index is 12.8. The van der Waals surface area contributed by atoms with E-state index in [0.29, 0.717) is 25.9 Å². The largest absolute Gasteiger partial charge is 0.469 e. The third kappa shape index (κ3) is 3.87. The van der Waals surface area contributed by atoms with Gasteiger partial charge in [0.15, 0.2) is 0 Å². The summed E-state index contributed by atoms with van der Waals surface area (Å²) in [7, 11) is 1.42. The smallest absolute Gasteiger partial charge is 0.308 e. The van der Waals surface area contributed by atoms with E-state index in [0.717, 1.165) is 18.4 Å². The van der Waals surface area contributed by atoms with Crippen molar-refractivity contribution in [3.8, 4) is 0 Å². The lowest BCUT2D eigenvalue weighted by atomic mass is 9.91. The van der Waals surface area contributed by atoms with Gasteiger partial charge in [-0.2, -0.15) is 0 Å². The van der Waals surface area contributed by atoms with Gasteiger partial charge in [-0.3, -0.25) is 9.59 Å². The van der Waals surface area contributed by atoms with Crippen LogP contribution in [0.15, 0.2) is 30.3 Å². The van der Waals surface area contributed by atoms with Gasteiger partial charge in [-0.1, -0.05) is 43.7 Å². The molecule has 1 saturated heterocycles. The van der Waals surface area contributed by atoms with E-state index in [-0.39, 0.29) is 23.7 Å². The highest BCUT2D eigenvalue weighted by Crippen LogP contribution is 2.27. The summed E-state index contributed by atoms with van der Waals surface area (Å²) in [5.74, 6) is -0.0899. The first kappa shape index (κ1) is 16.5. The lowest BCUT2D eigenvalue weighted by molar-refractivity contribution is -0.149. The number of benzene rings is 1. The second kappa shape index (κ2) is 7.97. The van der Waals surface area contributed by atoms with Gasteiger partial charge in [0.05, 0.1) is 18.9 Å². The normalized spacial score (nSPS) is 17.1. The highest BCUT2D eigenvalue weighted by Gasteiger charge is 2.31. The summed E-state index contributed by atoms with van der Waals surface area (Å²) in [6, 6.07) is 9.99. The van der Waals surface area contributed by atoms with Crippen LogP contribution in [0, 0.1) is 5.92 Å². The number of methoxy groups -OCH3 is 1. The average molecular weight is 303 g/mol. The van der Waals surface area contributed by atoms with Crippen LogP contribution >= 0.6 is 0 Å². The zero-order chi connectivity index (χ0) is 15.9. The van der Waals surface area contributed by atoms with Gasteiger partial charge in [0.1, 0.15) is 0 Å². The van der Waals surface area contributed by atoms with E-state index in [2.05, 4.69) is 6.92 Å². The van der Waals surface area contributed by atoms with Crippen molar-refractivity contribution in [2.75, 3.05) is 20.2 Å². The van der Waals surface area contributed by atoms with E-state index in [1.165, 1.54) is 7.11 Å². The predicted octanol–water partition coefficient (Wildman–Crippen LogP) is 2.98. The Morgan fingerprint density at radius 2 is 1.86 bits per heavy atom. The molecule has 0 spiro atoms. The van der Waals surface area contributed by atoms with Gasteiger partial charge in [-0.15, -0.1) is 0 Å². The SMILES string of the molecule is CCCC(C(=O)N1CCC(C(=O)OC)CC1)c1ccccc1. The van der Waals surface area contributed by atoms with E-state index in [9.17, 15) is 9.59 Å². The molecule has 0 N–H and O–H groups in total. The van der Waals surface area contributed by atoms with Crippen molar-refractivity contribution in [1.82, 2.24) is 4.90 Å². The number of nitrogens with zero attached hydrogens (tertiary/aromatic N) is 1. The van der Waals surface area contributed by atoms with Gasteiger partial charge < -0.3 is 9.64 Å². The van der Waals surface area contributed by atoms with Crippen LogP contribution in [-0.2, 0) is 14.3 Å². The highest BCUT2D eigenvalue weighted by molar-refractivity contribution is 5.84. The quantitative estimate of drug-likeness (QED) is 0.786. The second-order valence-corrected chi connectivity index (χ2v) is 5.87. The Labute approximate surface area is 132 Å². The van der Waals surface area contributed by atoms with Crippen molar-refractivity contribution in [3.05, 3.63) is 35.9 Å². The molecule has 22 heavy (non-hydrogen) atoms. The number of esters is 1. The fourth-order valence-corrected chi connectivity index (χ4v) is 3.13. The Hall–Kier alpha value is -1.84. The molecule has 1 fully saturated rings. The minimum Gasteiger partial charge on any atom is -0.469 e. The number of amides is 1. The molecule has 1 aliphatic rings. The second-order valence-electron chi connectivity index (χ2n) is 5.87. The molecule has 0 bridgehead atoms. The number of carbonyl (C=O) groups excluding carboxylic acids is 2. The van der Waals surface area contributed by atoms with Crippen LogP contribution in [0.1, 0.15) is 44.1 Å². The van der Waals surface area contributed by atoms with Crippen LogP contribution in [0.3, 0.4) is 0 Å². The first-order valence-corrected chi connectivity index (χ1v) is 8.09. The monoisotopic (exact) mass is 303 g/mol. The molecule has 1 aromatic carbocycles. The number of rotatable bonds is 5. The van der Waals surface area contributed by atoms with Crippen LogP contribution in [0.4, 0.5) is 0 Å². The van der Waals surface area contributed by atoms with E-state index in [4.69, 9.17) is 4.74 Å². The highest BCUT2D eigenvalue weighted by atomic mass is 16.5. The lowest BCUT2D eigenvalue weighted by Crippen LogP contribution is -2.42. The first-order chi connectivity index (χ1) is 10.7. The summed E-state index contributed by atoms with van der Waals surface area (Å²) in [6.07, 6.45) is 3.24. The van der Waals surface area contributed by atoms with Gasteiger partial charge in [0.2, 0.25) is 5.91 Å². The average Bonchev–Trinajstić information content (AvgIpc) is 2.59. The minimum absolute atomic E-state index is 0.0598. The summed E-state index contributed by atoms with van der Waals surface area (Å²) in [5.41, 5.74) is 1.09. The van der Waals surface area contributed by atoms with Gasteiger partial charge in [0, 0.05) is 13.1 Å². The Bertz CT molecular complexity index is 492. The van der Waals surface area contributed by atoms with Gasteiger partial charge in [-0.25, -0.2) is 0 Å². The van der Waals surface area contributed by atoms with Gasteiger partial charge in [-0.05, 0) is 24.8 Å². The maximum absolute atomic E-state index is 12.8.